The zero-order chi connectivity index (χ0) is 15.1. The van der Waals surface area contributed by atoms with Gasteiger partial charge in [-0.25, -0.2) is 19.7 Å². The number of thiazole rings is 1. The van der Waals surface area contributed by atoms with Gasteiger partial charge in [-0.2, -0.15) is 0 Å². The number of nitrogens with zero attached hydrogens (tertiary/aromatic N) is 3. The zero-order valence-electron chi connectivity index (χ0n) is 11.6. The summed E-state index contributed by atoms with van der Waals surface area (Å²) in [6, 6.07) is 1.74. The van der Waals surface area contributed by atoms with Gasteiger partial charge >= 0.3 is 5.97 Å². The summed E-state index contributed by atoms with van der Waals surface area (Å²) >= 11 is 1.34. The highest BCUT2D eigenvalue weighted by Gasteiger charge is 2.08. The number of nitrogens with one attached hydrogen (secondary N) is 1. The third-order valence-electron chi connectivity index (χ3n) is 2.51. The number of carboxylic acid groups (broad SMARTS) is 1. The van der Waals surface area contributed by atoms with Crippen LogP contribution in [0.4, 0.5) is 5.82 Å². The summed E-state index contributed by atoms with van der Waals surface area (Å²) in [7, 11) is 0. The number of ether oxygens (including phenoxy) is 1. The van der Waals surface area contributed by atoms with Crippen molar-refractivity contribution in [2.75, 3.05) is 18.5 Å². The molecule has 0 saturated carbocycles. The summed E-state index contributed by atoms with van der Waals surface area (Å²) in [6.45, 7) is 3.25. The Labute approximate surface area is 126 Å². The van der Waals surface area contributed by atoms with Crippen LogP contribution in [0.1, 0.15) is 28.8 Å². The van der Waals surface area contributed by atoms with Crippen LogP contribution >= 0.6 is 11.3 Å². The van der Waals surface area contributed by atoms with Crippen molar-refractivity contribution in [1.29, 1.82) is 0 Å². The molecule has 2 N–H and O–H groups in total. The number of anilines is 1. The Morgan fingerprint density at radius 1 is 1.48 bits per heavy atom. The predicted molar refractivity (Wildman–Crippen MR) is 79.1 cm³/mol. The third-order valence-corrected chi connectivity index (χ3v) is 3.42. The normalized spacial score (nSPS) is 10.3. The average molecular weight is 308 g/mol. The third kappa shape index (κ3) is 4.67. The fourth-order valence-electron chi connectivity index (χ4n) is 1.54. The molecule has 0 radical (unpaired) electrons. The van der Waals surface area contributed by atoms with Crippen molar-refractivity contribution in [3.63, 3.8) is 0 Å². The summed E-state index contributed by atoms with van der Waals surface area (Å²) in [5.41, 5.74) is 0.0901. The van der Waals surface area contributed by atoms with E-state index in [2.05, 4.69) is 20.3 Å². The number of aromatic carboxylic acids is 1. The standard InChI is InChI=1S/C13H16N4O3S/c1-2-5-20-11-6-10(15-8-16-11)14-4-3-12-17-9(7-21-12)13(18)19/h6-8H,2-5H2,1H3,(H,18,19)(H,14,15,16). The van der Waals surface area contributed by atoms with E-state index in [1.807, 2.05) is 6.92 Å². The molecule has 0 bridgehead atoms. The van der Waals surface area contributed by atoms with Gasteiger partial charge in [0.05, 0.1) is 11.6 Å². The molecule has 0 spiro atoms. The van der Waals surface area contributed by atoms with E-state index in [0.29, 0.717) is 31.3 Å². The van der Waals surface area contributed by atoms with Gasteiger partial charge in [0, 0.05) is 24.4 Å². The Morgan fingerprint density at radius 3 is 3.05 bits per heavy atom. The molecule has 0 aliphatic carbocycles. The maximum Gasteiger partial charge on any atom is 0.355 e. The maximum absolute atomic E-state index is 10.7. The molecular weight excluding hydrogens is 292 g/mol. The van der Waals surface area contributed by atoms with E-state index in [9.17, 15) is 4.79 Å². The van der Waals surface area contributed by atoms with Crippen LogP contribution < -0.4 is 10.1 Å². The van der Waals surface area contributed by atoms with E-state index in [-0.39, 0.29) is 5.69 Å². The first kappa shape index (κ1) is 15.2. The Kier molecular flexibility index (Phi) is 5.44. The lowest BCUT2D eigenvalue weighted by molar-refractivity contribution is 0.0691. The molecule has 2 heterocycles. The summed E-state index contributed by atoms with van der Waals surface area (Å²) in [5, 5.41) is 14.3. The van der Waals surface area contributed by atoms with Gasteiger partial charge in [0.2, 0.25) is 5.88 Å². The molecule has 2 rings (SSSR count). The lowest BCUT2D eigenvalue weighted by Crippen LogP contribution is -2.07. The molecule has 2 aromatic heterocycles. The number of hydrogen-bond donors (Lipinski definition) is 2. The van der Waals surface area contributed by atoms with Crippen molar-refractivity contribution in [3.05, 3.63) is 28.5 Å². The van der Waals surface area contributed by atoms with E-state index in [1.165, 1.54) is 17.7 Å². The fraction of sp³-hybridized carbons (Fsp3) is 0.385. The Morgan fingerprint density at radius 2 is 2.33 bits per heavy atom. The van der Waals surface area contributed by atoms with Crippen LogP contribution in [0.3, 0.4) is 0 Å². The highest BCUT2D eigenvalue weighted by molar-refractivity contribution is 7.09. The van der Waals surface area contributed by atoms with Crippen LogP contribution in [-0.2, 0) is 6.42 Å². The number of rotatable bonds is 8. The van der Waals surface area contributed by atoms with Crippen LogP contribution in [-0.4, -0.2) is 39.2 Å². The highest BCUT2D eigenvalue weighted by Crippen LogP contribution is 2.13. The van der Waals surface area contributed by atoms with Gasteiger partial charge in [0.15, 0.2) is 5.69 Å². The number of carbonyl (C=O) groups is 1. The summed E-state index contributed by atoms with van der Waals surface area (Å²) in [6.07, 6.45) is 3.00. The van der Waals surface area contributed by atoms with Gasteiger partial charge in [0.1, 0.15) is 12.1 Å². The molecular formula is C13H16N4O3S. The first-order chi connectivity index (χ1) is 10.2. The van der Waals surface area contributed by atoms with Crippen molar-refractivity contribution < 1.29 is 14.6 Å². The van der Waals surface area contributed by atoms with Crippen LogP contribution in [0, 0.1) is 0 Å². The Balaban J connectivity index is 1.83. The van der Waals surface area contributed by atoms with Crippen molar-refractivity contribution in [2.45, 2.75) is 19.8 Å². The van der Waals surface area contributed by atoms with Gasteiger partial charge in [0.25, 0.3) is 0 Å². The quantitative estimate of drug-likeness (QED) is 0.770. The molecule has 0 unspecified atom stereocenters. The zero-order valence-corrected chi connectivity index (χ0v) is 12.4. The second-order valence-corrected chi connectivity index (χ2v) is 5.14. The summed E-state index contributed by atoms with van der Waals surface area (Å²) in [5.74, 6) is 0.210. The largest absolute Gasteiger partial charge is 0.478 e. The SMILES string of the molecule is CCCOc1cc(NCCc2nc(C(=O)O)cs2)ncn1. The summed E-state index contributed by atoms with van der Waals surface area (Å²) < 4.78 is 5.42. The first-order valence-corrected chi connectivity index (χ1v) is 7.43. The van der Waals surface area contributed by atoms with Crippen molar-refractivity contribution in [1.82, 2.24) is 15.0 Å². The lowest BCUT2D eigenvalue weighted by Gasteiger charge is -2.06. The topological polar surface area (TPSA) is 97.2 Å². The minimum absolute atomic E-state index is 0.0901. The smallest absolute Gasteiger partial charge is 0.355 e. The van der Waals surface area contributed by atoms with Crippen LogP contribution in [0.5, 0.6) is 5.88 Å². The summed E-state index contributed by atoms with van der Waals surface area (Å²) in [4.78, 5) is 22.9. The average Bonchev–Trinajstić information content (AvgIpc) is 2.95. The van der Waals surface area contributed by atoms with Crippen molar-refractivity contribution in [2.24, 2.45) is 0 Å². The molecule has 0 aromatic carbocycles. The van der Waals surface area contributed by atoms with Crippen molar-refractivity contribution >= 4 is 23.1 Å². The number of hydrogen-bond acceptors (Lipinski definition) is 7. The van der Waals surface area contributed by atoms with E-state index in [4.69, 9.17) is 9.84 Å². The second-order valence-electron chi connectivity index (χ2n) is 4.20. The van der Waals surface area contributed by atoms with Gasteiger partial charge in [-0.15, -0.1) is 11.3 Å². The van der Waals surface area contributed by atoms with Gasteiger partial charge < -0.3 is 15.2 Å². The highest BCUT2D eigenvalue weighted by atomic mass is 32.1. The van der Waals surface area contributed by atoms with E-state index < -0.39 is 5.97 Å². The molecule has 2 aromatic rings. The minimum atomic E-state index is -1.00. The number of aromatic nitrogens is 3. The number of carboxylic acids is 1. The predicted octanol–water partition coefficient (Wildman–Crippen LogP) is 2.07. The molecule has 7 nitrogen and oxygen atoms in total. The molecule has 8 heteroatoms. The molecule has 21 heavy (non-hydrogen) atoms. The molecule has 112 valence electrons. The molecule has 0 fully saturated rings. The monoisotopic (exact) mass is 308 g/mol. The second kappa shape index (κ2) is 7.53. The van der Waals surface area contributed by atoms with E-state index in [0.717, 1.165) is 11.4 Å². The maximum atomic E-state index is 10.7. The van der Waals surface area contributed by atoms with Gasteiger partial charge in [-0.3, -0.25) is 0 Å². The Bertz CT molecular complexity index is 603. The molecule has 0 saturated heterocycles. The Hall–Kier alpha value is -2.22. The minimum Gasteiger partial charge on any atom is -0.478 e. The fourth-order valence-corrected chi connectivity index (χ4v) is 2.32. The molecule has 0 aliphatic heterocycles. The van der Waals surface area contributed by atoms with E-state index in [1.54, 1.807) is 11.4 Å². The van der Waals surface area contributed by atoms with Crippen LogP contribution in [0.2, 0.25) is 0 Å². The van der Waals surface area contributed by atoms with Crippen LogP contribution in [0.15, 0.2) is 17.8 Å². The first-order valence-electron chi connectivity index (χ1n) is 6.55. The van der Waals surface area contributed by atoms with Gasteiger partial charge in [-0.05, 0) is 6.42 Å². The van der Waals surface area contributed by atoms with E-state index >= 15 is 0 Å². The molecule has 0 amide bonds. The molecule has 0 aliphatic rings. The lowest BCUT2D eigenvalue weighted by atomic mass is 10.4. The van der Waals surface area contributed by atoms with Gasteiger partial charge in [-0.1, -0.05) is 6.92 Å². The van der Waals surface area contributed by atoms with Crippen molar-refractivity contribution in [3.8, 4) is 5.88 Å². The molecule has 0 atom stereocenters. The van der Waals surface area contributed by atoms with Crippen LogP contribution in [0.25, 0.3) is 0 Å².